The van der Waals surface area contributed by atoms with Crippen LogP contribution >= 0.6 is 0 Å². The third-order valence-corrected chi connectivity index (χ3v) is 3.26. The molecular formula is C16H14O4. The molecule has 0 spiro atoms. The number of benzene rings is 2. The van der Waals surface area contributed by atoms with E-state index in [4.69, 9.17) is 9.47 Å². The van der Waals surface area contributed by atoms with Gasteiger partial charge < -0.3 is 14.6 Å². The van der Waals surface area contributed by atoms with E-state index in [0.717, 1.165) is 11.1 Å². The van der Waals surface area contributed by atoms with Gasteiger partial charge in [-0.25, -0.2) is 4.79 Å². The molecule has 20 heavy (non-hydrogen) atoms. The molecule has 0 amide bonds. The van der Waals surface area contributed by atoms with E-state index in [9.17, 15) is 9.90 Å². The molecule has 0 bridgehead atoms. The van der Waals surface area contributed by atoms with Crippen molar-refractivity contribution in [3.63, 3.8) is 0 Å². The first kappa shape index (κ1) is 12.5. The number of rotatable bonds is 2. The van der Waals surface area contributed by atoms with Gasteiger partial charge in [-0.1, -0.05) is 23.8 Å². The molecule has 0 radical (unpaired) electrons. The monoisotopic (exact) mass is 270 g/mol. The van der Waals surface area contributed by atoms with Gasteiger partial charge in [-0.3, -0.25) is 0 Å². The Hall–Kier alpha value is -2.49. The van der Waals surface area contributed by atoms with Crippen molar-refractivity contribution in [1.29, 1.82) is 0 Å². The minimum Gasteiger partial charge on any atom is -0.486 e. The number of carboxylic acids is 1. The SMILES string of the molecule is Cc1ccc(C(=O)O)c(-c2ccc3c(c2)OCCO3)c1. The van der Waals surface area contributed by atoms with E-state index in [0.29, 0.717) is 30.3 Å². The summed E-state index contributed by atoms with van der Waals surface area (Å²) in [6.45, 7) is 2.99. The van der Waals surface area contributed by atoms with Gasteiger partial charge in [0.1, 0.15) is 13.2 Å². The molecule has 4 heteroatoms. The third kappa shape index (κ3) is 2.20. The van der Waals surface area contributed by atoms with Crippen LogP contribution < -0.4 is 9.47 Å². The number of hydrogen-bond acceptors (Lipinski definition) is 3. The lowest BCUT2D eigenvalue weighted by atomic mass is 9.97. The van der Waals surface area contributed by atoms with Crippen LogP contribution in [0.4, 0.5) is 0 Å². The largest absolute Gasteiger partial charge is 0.486 e. The smallest absolute Gasteiger partial charge is 0.336 e. The molecule has 102 valence electrons. The fourth-order valence-corrected chi connectivity index (χ4v) is 2.29. The van der Waals surface area contributed by atoms with Crippen LogP contribution in [0.15, 0.2) is 36.4 Å². The summed E-state index contributed by atoms with van der Waals surface area (Å²) in [5, 5.41) is 9.30. The van der Waals surface area contributed by atoms with Crippen LogP contribution in [-0.4, -0.2) is 24.3 Å². The van der Waals surface area contributed by atoms with Crippen molar-refractivity contribution in [2.75, 3.05) is 13.2 Å². The number of carboxylic acid groups (broad SMARTS) is 1. The Labute approximate surface area is 116 Å². The summed E-state index contributed by atoms with van der Waals surface area (Å²) in [7, 11) is 0. The van der Waals surface area contributed by atoms with Crippen molar-refractivity contribution in [3.8, 4) is 22.6 Å². The zero-order valence-corrected chi connectivity index (χ0v) is 11.1. The van der Waals surface area contributed by atoms with Crippen LogP contribution in [0.2, 0.25) is 0 Å². The Morgan fingerprint density at radius 3 is 2.55 bits per heavy atom. The highest BCUT2D eigenvalue weighted by Gasteiger charge is 2.16. The zero-order valence-electron chi connectivity index (χ0n) is 11.1. The lowest BCUT2D eigenvalue weighted by molar-refractivity contribution is 0.0697. The maximum atomic E-state index is 11.3. The van der Waals surface area contributed by atoms with Gasteiger partial charge in [-0.05, 0) is 36.2 Å². The summed E-state index contributed by atoms with van der Waals surface area (Å²) in [6, 6.07) is 10.8. The second-order valence-corrected chi connectivity index (χ2v) is 4.71. The molecule has 2 aromatic carbocycles. The summed E-state index contributed by atoms with van der Waals surface area (Å²) in [6.07, 6.45) is 0. The van der Waals surface area contributed by atoms with Gasteiger partial charge >= 0.3 is 5.97 Å². The summed E-state index contributed by atoms with van der Waals surface area (Å²) in [5.74, 6) is 0.422. The number of aromatic carboxylic acids is 1. The van der Waals surface area contributed by atoms with Crippen LogP contribution in [0, 0.1) is 6.92 Å². The first-order valence-corrected chi connectivity index (χ1v) is 6.39. The Morgan fingerprint density at radius 1 is 1.05 bits per heavy atom. The maximum absolute atomic E-state index is 11.3. The van der Waals surface area contributed by atoms with Crippen molar-refractivity contribution < 1.29 is 19.4 Å². The fraction of sp³-hybridized carbons (Fsp3) is 0.188. The molecule has 0 aromatic heterocycles. The first-order chi connectivity index (χ1) is 9.65. The number of hydrogen-bond donors (Lipinski definition) is 1. The highest BCUT2D eigenvalue weighted by molar-refractivity contribution is 5.96. The number of ether oxygens (including phenoxy) is 2. The molecule has 0 saturated heterocycles. The van der Waals surface area contributed by atoms with Crippen LogP contribution in [0.1, 0.15) is 15.9 Å². The van der Waals surface area contributed by atoms with Crippen molar-refractivity contribution in [3.05, 3.63) is 47.5 Å². The number of aryl methyl sites for hydroxylation is 1. The molecule has 0 unspecified atom stereocenters. The van der Waals surface area contributed by atoms with Crippen LogP contribution in [0.5, 0.6) is 11.5 Å². The van der Waals surface area contributed by atoms with Crippen molar-refractivity contribution in [1.82, 2.24) is 0 Å². The first-order valence-electron chi connectivity index (χ1n) is 6.39. The van der Waals surface area contributed by atoms with E-state index in [1.54, 1.807) is 12.1 Å². The Morgan fingerprint density at radius 2 is 1.80 bits per heavy atom. The zero-order chi connectivity index (χ0) is 14.1. The molecule has 0 aliphatic carbocycles. The van der Waals surface area contributed by atoms with E-state index >= 15 is 0 Å². The van der Waals surface area contributed by atoms with Gasteiger partial charge in [0.05, 0.1) is 5.56 Å². The second-order valence-electron chi connectivity index (χ2n) is 4.71. The van der Waals surface area contributed by atoms with E-state index in [2.05, 4.69) is 0 Å². The summed E-state index contributed by atoms with van der Waals surface area (Å²) >= 11 is 0. The lowest BCUT2D eigenvalue weighted by Gasteiger charge is -2.19. The van der Waals surface area contributed by atoms with E-state index in [-0.39, 0.29) is 5.56 Å². The fourth-order valence-electron chi connectivity index (χ4n) is 2.29. The second kappa shape index (κ2) is 4.89. The predicted molar refractivity (Wildman–Crippen MR) is 74.6 cm³/mol. The lowest BCUT2D eigenvalue weighted by Crippen LogP contribution is -2.15. The van der Waals surface area contributed by atoms with Gasteiger partial charge in [0.2, 0.25) is 0 Å². The summed E-state index contributed by atoms with van der Waals surface area (Å²) in [4.78, 5) is 11.3. The average molecular weight is 270 g/mol. The highest BCUT2D eigenvalue weighted by atomic mass is 16.6. The standard InChI is InChI=1S/C16H14O4/c1-10-2-4-12(16(17)18)13(8-10)11-3-5-14-15(9-11)20-7-6-19-14/h2-5,8-9H,6-7H2,1H3,(H,17,18). The van der Waals surface area contributed by atoms with Gasteiger partial charge in [-0.15, -0.1) is 0 Å². The Bertz CT molecular complexity index is 676. The van der Waals surface area contributed by atoms with Crippen LogP contribution in [0.25, 0.3) is 11.1 Å². The molecule has 4 nitrogen and oxygen atoms in total. The van der Waals surface area contributed by atoms with Crippen LogP contribution in [-0.2, 0) is 0 Å². The Kier molecular flexibility index (Phi) is 3.06. The number of fused-ring (bicyclic) bond motifs is 1. The Balaban J connectivity index is 2.13. The molecule has 1 heterocycles. The predicted octanol–water partition coefficient (Wildman–Crippen LogP) is 3.13. The van der Waals surface area contributed by atoms with E-state index in [1.807, 2.05) is 31.2 Å². The average Bonchev–Trinajstić information content (AvgIpc) is 2.46. The molecule has 1 N–H and O–H groups in total. The normalized spacial score (nSPS) is 13.1. The van der Waals surface area contributed by atoms with Gasteiger partial charge in [0, 0.05) is 0 Å². The molecule has 3 rings (SSSR count). The molecule has 0 atom stereocenters. The molecule has 1 aliphatic heterocycles. The maximum Gasteiger partial charge on any atom is 0.336 e. The van der Waals surface area contributed by atoms with E-state index < -0.39 is 5.97 Å². The summed E-state index contributed by atoms with van der Waals surface area (Å²) in [5.41, 5.74) is 2.80. The quantitative estimate of drug-likeness (QED) is 0.910. The van der Waals surface area contributed by atoms with Crippen molar-refractivity contribution >= 4 is 5.97 Å². The topological polar surface area (TPSA) is 55.8 Å². The minimum atomic E-state index is -0.935. The molecule has 0 fully saturated rings. The van der Waals surface area contributed by atoms with Crippen LogP contribution in [0.3, 0.4) is 0 Å². The van der Waals surface area contributed by atoms with Gasteiger partial charge in [-0.2, -0.15) is 0 Å². The summed E-state index contributed by atoms with van der Waals surface area (Å²) < 4.78 is 11.0. The highest BCUT2D eigenvalue weighted by Crippen LogP contribution is 2.35. The van der Waals surface area contributed by atoms with E-state index in [1.165, 1.54) is 0 Å². The molecule has 2 aromatic rings. The van der Waals surface area contributed by atoms with Gasteiger partial charge in [0.15, 0.2) is 11.5 Å². The minimum absolute atomic E-state index is 0.285. The number of carbonyl (C=O) groups is 1. The van der Waals surface area contributed by atoms with Crippen molar-refractivity contribution in [2.45, 2.75) is 6.92 Å². The van der Waals surface area contributed by atoms with Gasteiger partial charge in [0.25, 0.3) is 0 Å². The van der Waals surface area contributed by atoms with Crippen molar-refractivity contribution in [2.24, 2.45) is 0 Å². The molecule has 0 saturated carbocycles. The third-order valence-electron chi connectivity index (χ3n) is 3.26. The molecule has 1 aliphatic rings. The molecular weight excluding hydrogens is 256 g/mol.